The fourth-order valence-electron chi connectivity index (χ4n) is 2.12. The second-order valence-electron chi connectivity index (χ2n) is 4.64. The first-order valence-electron chi connectivity index (χ1n) is 6.02. The molecule has 1 atom stereocenters. The van der Waals surface area contributed by atoms with Gasteiger partial charge in [-0.05, 0) is 38.3 Å². The molecule has 102 valence electrons. The first-order valence-corrected chi connectivity index (χ1v) is 7.51. The van der Waals surface area contributed by atoms with E-state index in [0.29, 0.717) is 11.3 Å². The highest BCUT2D eigenvalue weighted by Crippen LogP contribution is 2.21. The van der Waals surface area contributed by atoms with Crippen LogP contribution < -0.4 is 4.72 Å². The fourth-order valence-corrected chi connectivity index (χ4v) is 3.88. The quantitative estimate of drug-likeness (QED) is 0.856. The Hall–Kier alpha value is -0.910. The van der Waals surface area contributed by atoms with Crippen molar-refractivity contribution in [2.75, 3.05) is 6.61 Å². The van der Waals surface area contributed by atoms with E-state index < -0.39 is 16.1 Å². The van der Waals surface area contributed by atoms with Gasteiger partial charge in [0.05, 0.1) is 11.5 Å². The third-order valence-electron chi connectivity index (χ3n) is 2.91. The van der Waals surface area contributed by atoms with Crippen LogP contribution in [0.15, 0.2) is 17.0 Å². The Labute approximate surface area is 109 Å². The van der Waals surface area contributed by atoms with Crippen molar-refractivity contribution in [3.05, 3.63) is 28.8 Å². The monoisotopic (exact) mass is 271 g/mol. The lowest BCUT2D eigenvalue weighted by molar-refractivity contribution is 0.254. The Morgan fingerprint density at radius 3 is 2.11 bits per heavy atom. The highest BCUT2D eigenvalue weighted by atomic mass is 32.2. The highest BCUT2D eigenvalue weighted by Gasteiger charge is 2.22. The topological polar surface area (TPSA) is 66.4 Å². The lowest BCUT2D eigenvalue weighted by atomic mass is 10.1. The largest absolute Gasteiger partial charge is 0.395 e. The number of aryl methyl sites for hydroxylation is 3. The summed E-state index contributed by atoms with van der Waals surface area (Å²) in [4.78, 5) is 0.319. The SMILES string of the molecule is CC[C@@H](CO)NS(=O)(=O)c1c(C)cc(C)cc1C. The van der Waals surface area contributed by atoms with Crippen molar-refractivity contribution in [2.24, 2.45) is 0 Å². The van der Waals surface area contributed by atoms with Gasteiger partial charge in [0.25, 0.3) is 0 Å². The molecule has 4 nitrogen and oxygen atoms in total. The Morgan fingerprint density at radius 1 is 1.22 bits per heavy atom. The summed E-state index contributed by atoms with van der Waals surface area (Å²) in [5, 5.41) is 9.09. The van der Waals surface area contributed by atoms with Crippen molar-refractivity contribution in [3.8, 4) is 0 Å². The van der Waals surface area contributed by atoms with E-state index in [9.17, 15) is 8.42 Å². The predicted molar refractivity (Wildman–Crippen MR) is 72.1 cm³/mol. The molecule has 2 N–H and O–H groups in total. The lowest BCUT2D eigenvalue weighted by Crippen LogP contribution is -2.37. The molecule has 0 heterocycles. The average Bonchev–Trinajstić information content (AvgIpc) is 2.23. The second kappa shape index (κ2) is 5.82. The zero-order chi connectivity index (χ0) is 13.9. The Bertz CT molecular complexity index is 496. The van der Waals surface area contributed by atoms with Gasteiger partial charge in [0.1, 0.15) is 0 Å². The van der Waals surface area contributed by atoms with Crippen LogP contribution in [0.1, 0.15) is 30.0 Å². The van der Waals surface area contributed by atoms with Gasteiger partial charge < -0.3 is 5.11 Å². The number of sulfonamides is 1. The number of hydrogen-bond acceptors (Lipinski definition) is 3. The summed E-state index contributed by atoms with van der Waals surface area (Å²) in [5.41, 5.74) is 2.50. The molecule has 1 aromatic rings. The van der Waals surface area contributed by atoms with Crippen LogP contribution in [0.3, 0.4) is 0 Å². The number of nitrogens with one attached hydrogen (secondary N) is 1. The molecule has 0 aliphatic heterocycles. The van der Waals surface area contributed by atoms with E-state index in [0.717, 1.165) is 16.7 Å². The molecule has 0 spiro atoms. The van der Waals surface area contributed by atoms with Crippen LogP contribution in [0.4, 0.5) is 0 Å². The van der Waals surface area contributed by atoms with E-state index in [-0.39, 0.29) is 6.61 Å². The minimum atomic E-state index is -3.57. The predicted octanol–water partition coefficient (Wildman–Crippen LogP) is 1.66. The molecule has 0 saturated carbocycles. The first-order chi connectivity index (χ1) is 8.31. The van der Waals surface area contributed by atoms with Gasteiger partial charge in [-0.3, -0.25) is 0 Å². The second-order valence-corrected chi connectivity index (χ2v) is 6.29. The van der Waals surface area contributed by atoms with E-state index in [1.54, 1.807) is 13.8 Å². The molecule has 5 heteroatoms. The van der Waals surface area contributed by atoms with Gasteiger partial charge >= 0.3 is 0 Å². The normalized spacial score (nSPS) is 13.6. The van der Waals surface area contributed by atoms with Crippen LogP contribution in [0.2, 0.25) is 0 Å². The lowest BCUT2D eigenvalue weighted by Gasteiger charge is -2.17. The van der Waals surface area contributed by atoms with Crippen molar-refractivity contribution >= 4 is 10.0 Å². The van der Waals surface area contributed by atoms with Crippen molar-refractivity contribution in [1.29, 1.82) is 0 Å². The van der Waals surface area contributed by atoms with Crippen molar-refractivity contribution < 1.29 is 13.5 Å². The van der Waals surface area contributed by atoms with E-state index >= 15 is 0 Å². The molecule has 0 aliphatic carbocycles. The van der Waals surface area contributed by atoms with Crippen molar-refractivity contribution in [2.45, 2.75) is 45.1 Å². The Kier molecular flexibility index (Phi) is 4.90. The summed E-state index contributed by atoms with van der Waals surface area (Å²) in [6.07, 6.45) is 0.555. The molecule has 0 aliphatic rings. The summed E-state index contributed by atoms with van der Waals surface area (Å²) in [6, 6.07) is 3.26. The van der Waals surface area contributed by atoms with Crippen LogP contribution >= 0.6 is 0 Å². The van der Waals surface area contributed by atoms with Crippen LogP contribution in [-0.4, -0.2) is 26.2 Å². The van der Waals surface area contributed by atoms with Gasteiger partial charge in [0.2, 0.25) is 10.0 Å². The third-order valence-corrected chi connectivity index (χ3v) is 4.73. The van der Waals surface area contributed by atoms with Crippen molar-refractivity contribution in [3.63, 3.8) is 0 Å². The number of benzene rings is 1. The Morgan fingerprint density at radius 2 is 1.72 bits per heavy atom. The van der Waals surface area contributed by atoms with E-state index in [1.165, 1.54) is 0 Å². The van der Waals surface area contributed by atoms with Gasteiger partial charge in [-0.2, -0.15) is 0 Å². The third kappa shape index (κ3) is 3.31. The van der Waals surface area contributed by atoms with Crippen LogP contribution in [-0.2, 0) is 10.0 Å². The summed E-state index contributed by atoms with van der Waals surface area (Å²) in [6.45, 7) is 7.15. The minimum absolute atomic E-state index is 0.195. The Balaban J connectivity index is 3.21. The fraction of sp³-hybridized carbons (Fsp3) is 0.538. The molecule has 18 heavy (non-hydrogen) atoms. The summed E-state index contributed by atoms with van der Waals surface area (Å²) < 4.78 is 27.1. The first kappa shape index (κ1) is 15.1. The summed E-state index contributed by atoms with van der Waals surface area (Å²) in [7, 11) is -3.57. The zero-order valence-corrected chi connectivity index (χ0v) is 12.1. The molecule has 0 amide bonds. The van der Waals surface area contributed by atoms with Gasteiger partial charge in [-0.25, -0.2) is 13.1 Å². The number of rotatable bonds is 5. The molecule has 1 rings (SSSR count). The molecule has 0 radical (unpaired) electrons. The number of aliphatic hydroxyl groups excluding tert-OH is 1. The average molecular weight is 271 g/mol. The molecule has 0 fully saturated rings. The van der Waals surface area contributed by atoms with E-state index in [1.807, 2.05) is 26.0 Å². The molecule has 0 aromatic heterocycles. The maximum atomic E-state index is 12.3. The van der Waals surface area contributed by atoms with Gasteiger partial charge in [0, 0.05) is 6.04 Å². The molecule has 0 saturated heterocycles. The molecular formula is C13H21NO3S. The highest BCUT2D eigenvalue weighted by molar-refractivity contribution is 7.89. The van der Waals surface area contributed by atoms with Crippen LogP contribution in [0.5, 0.6) is 0 Å². The maximum Gasteiger partial charge on any atom is 0.241 e. The smallest absolute Gasteiger partial charge is 0.241 e. The standard InChI is InChI=1S/C13H21NO3S/c1-5-12(8-15)14-18(16,17)13-10(3)6-9(2)7-11(13)4/h6-7,12,14-15H,5,8H2,1-4H3/t12-/m0/s1. The van der Waals surface area contributed by atoms with Crippen LogP contribution in [0.25, 0.3) is 0 Å². The maximum absolute atomic E-state index is 12.3. The van der Waals surface area contributed by atoms with E-state index in [2.05, 4.69) is 4.72 Å². The van der Waals surface area contributed by atoms with Gasteiger partial charge in [-0.1, -0.05) is 24.6 Å². The zero-order valence-electron chi connectivity index (χ0n) is 11.3. The van der Waals surface area contributed by atoms with Gasteiger partial charge in [-0.15, -0.1) is 0 Å². The van der Waals surface area contributed by atoms with Crippen molar-refractivity contribution in [1.82, 2.24) is 4.72 Å². The summed E-state index contributed by atoms with van der Waals surface area (Å²) in [5.74, 6) is 0. The molecule has 1 aromatic carbocycles. The number of hydrogen-bond donors (Lipinski definition) is 2. The minimum Gasteiger partial charge on any atom is -0.395 e. The summed E-state index contributed by atoms with van der Waals surface area (Å²) >= 11 is 0. The number of aliphatic hydroxyl groups is 1. The molecule has 0 unspecified atom stereocenters. The van der Waals surface area contributed by atoms with Crippen LogP contribution in [0, 0.1) is 20.8 Å². The molecule has 0 bridgehead atoms. The van der Waals surface area contributed by atoms with E-state index in [4.69, 9.17) is 5.11 Å². The van der Waals surface area contributed by atoms with Gasteiger partial charge in [0.15, 0.2) is 0 Å². The molecular weight excluding hydrogens is 250 g/mol.